The van der Waals surface area contributed by atoms with E-state index in [1.807, 2.05) is 24.3 Å². The van der Waals surface area contributed by atoms with Gasteiger partial charge in [0.1, 0.15) is 5.69 Å². The number of rotatable bonds is 1. The summed E-state index contributed by atoms with van der Waals surface area (Å²) in [7, 11) is 0. The number of fused-ring (bicyclic) bond motifs is 6. The van der Waals surface area contributed by atoms with Crippen LogP contribution < -0.4 is 0 Å². The van der Waals surface area contributed by atoms with Gasteiger partial charge >= 0.3 is 0 Å². The molecule has 0 unspecified atom stereocenters. The summed E-state index contributed by atoms with van der Waals surface area (Å²) in [5.74, 6) is 0.758. The van der Waals surface area contributed by atoms with Crippen molar-refractivity contribution in [3.05, 3.63) is 49.2 Å². The summed E-state index contributed by atoms with van der Waals surface area (Å²) in [4.78, 5) is 24.2. The topological polar surface area (TPSA) is 83.1 Å². The third kappa shape index (κ3) is 1.43. The van der Waals surface area contributed by atoms with Gasteiger partial charge in [-0.05, 0) is 24.3 Å². The number of aromatic amines is 2. The first-order chi connectivity index (χ1) is 10.9. The Morgan fingerprint density at radius 2 is 1.64 bits per heavy atom. The normalized spacial score (nSPS) is 11.6. The molecule has 0 saturated heterocycles. The molecule has 0 fully saturated rings. The molecule has 0 amide bonds. The summed E-state index contributed by atoms with van der Waals surface area (Å²) in [6.07, 6.45) is 6.96. The van der Waals surface area contributed by atoms with Crippen LogP contribution in [-0.4, -0.2) is 29.9 Å². The van der Waals surface area contributed by atoms with Crippen molar-refractivity contribution in [2.24, 2.45) is 0 Å². The summed E-state index contributed by atoms with van der Waals surface area (Å²) in [5, 5.41) is 2.01. The number of nitrogens with zero attached hydrogens (tertiary/aromatic N) is 4. The molecule has 6 heteroatoms. The van der Waals surface area contributed by atoms with Crippen molar-refractivity contribution >= 4 is 32.8 Å². The largest absolute Gasteiger partial charge is 0.342 e. The van der Waals surface area contributed by atoms with E-state index in [9.17, 15) is 0 Å². The van der Waals surface area contributed by atoms with E-state index in [-0.39, 0.29) is 0 Å². The Balaban J connectivity index is 2.03. The van der Waals surface area contributed by atoms with Gasteiger partial charge in [-0.25, -0.2) is 9.97 Å². The summed E-state index contributed by atoms with van der Waals surface area (Å²) in [6.45, 7) is 0. The first-order valence-corrected chi connectivity index (χ1v) is 6.92. The van der Waals surface area contributed by atoms with Crippen LogP contribution in [0.25, 0.3) is 44.4 Å². The van der Waals surface area contributed by atoms with E-state index < -0.39 is 0 Å². The third-order valence-electron chi connectivity index (χ3n) is 3.82. The zero-order valence-corrected chi connectivity index (χ0v) is 11.4. The maximum absolute atomic E-state index is 4.74. The van der Waals surface area contributed by atoms with Crippen LogP contribution in [0.2, 0.25) is 0 Å². The molecule has 4 heterocycles. The van der Waals surface area contributed by atoms with Crippen molar-refractivity contribution in [2.75, 3.05) is 0 Å². The van der Waals surface area contributed by atoms with Crippen molar-refractivity contribution in [2.45, 2.75) is 0 Å². The van der Waals surface area contributed by atoms with E-state index in [4.69, 9.17) is 4.98 Å². The molecule has 2 N–H and O–H groups in total. The molecule has 0 bridgehead atoms. The molecule has 0 spiro atoms. The Labute approximate surface area is 124 Å². The van der Waals surface area contributed by atoms with Gasteiger partial charge in [-0.3, -0.25) is 9.97 Å². The molecule has 5 aromatic rings. The summed E-state index contributed by atoms with van der Waals surface area (Å²) < 4.78 is 0. The average molecular weight is 286 g/mol. The number of pyridine rings is 2. The van der Waals surface area contributed by atoms with Gasteiger partial charge in [0.2, 0.25) is 0 Å². The summed E-state index contributed by atoms with van der Waals surface area (Å²) >= 11 is 0. The maximum Gasteiger partial charge on any atom is 0.156 e. The van der Waals surface area contributed by atoms with E-state index in [2.05, 4.69) is 24.9 Å². The molecule has 0 aliphatic rings. The van der Waals surface area contributed by atoms with Gasteiger partial charge in [-0.1, -0.05) is 0 Å². The molecular formula is C16H10N6. The van der Waals surface area contributed by atoms with Crippen LogP contribution in [0.15, 0.2) is 49.2 Å². The highest BCUT2D eigenvalue weighted by atomic mass is 15.0. The van der Waals surface area contributed by atoms with Crippen LogP contribution in [0.1, 0.15) is 0 Å². The standard InChI is InChI=1S/C16H10N6/c1-3-9-12(18-5-1)13-10(4-2-6-19-13)15-14(9)21-16(22-15)11-7-17-8-20-11/h1-8H,(H,17,20)(H,21,22). The molecule has 104 valence electrons. The van der Waals surface area contributed by atoms with E-state index in [0.29, 0.717) is 0 Å². The lowest BCUT2D eigenvalue weighted by molar-refractivity contribution is 1.27. The molecule has 0 aliphatic heterocycles. The molecule has 1 aromatic carbocycles. The first-order valence-electron chi connectivity index (χ1n) is 6.92. The minimum absolute atomic E-state index is 0.758. The highest BCUT2D eigenvalue weighted by Gasteiger charge is 2.15. The van der Waals surface area contributed by atoms with Gasteiger partial charge in [0.25, 0.3) is 0 Å². The van der Waals surface area contributed by atoms with Crippen molar-refractivity contribution < 1.29 is 0 Å². The van der Waals surface area contributed by atoms with Gasteiger partial charge in [0, 0.05) is 23.2 Å². The van der Waals surface area contributed by atoms with E-state index >= 15 is 0 Å². The fourth-order valence-electron chi connectivity index (χ4n) is 2.86. The highest BCUT2D eigenvalue weighted by molar-refractivity contribution is 6.20. The molecule has 6 nitrogen and oxygen atoms in total. The maximum atomic E-state index is 4.74. The lowest BCUT2D eigenvalue weighted by atomic mass is 10.1. The van der Waals surface area contributed by atoms with Gasteiger partial charge in [-0.2, -0.15) is 0 Å². The van der Waals surface area contributed by atoms with Crippen LogP contribution in [0, 0.1) is 0 Å². The Kier molecular flexibility index (Phi) is 2.13. The number of nitrogens with one attached hydrogen (secondary N) is 2. The van der Waals surface area contributed by atoms with Gasteiger partial charge in [0.15, 0.2) is 5.82 Å². The third-order valence-corrected chi connectivity index (χ3v) is 3.82. The highest BCUT2D eigenvalue weighted by Crippen LogP contribution is 2.32. The molecule has 0 atom stereocenters. The van der Waals surface area contributed by atoms with Crippen LogP contribution in [-0.2, 0) is 0 Å². The zero-order chi connectivity index (χ0) is 14.5. The SMILES string of the molecule is c1cnc2c(c1)c1nc(-c3cnc[nH]3)[nH]c1c1cccnc12. The predicted octanol–water partition coefficient (Wildman–Crippen LogP) is 3.05. The molecule has 5 rings (SSSR count). The minimum atomic E-state index is 0.758. The molecule has 0 saturated carbocycles. The van der Waals surface area contributed by atoms with Crippen molar-refractivity contribution in [1.82, 2.24) is 29.9 Å². The minimum Gasteiger partial charge on any atom is -0.342 e. The molecule has 22 heavy (non-hydrogen) atoms. The molecule has 0 radical (unpaired) electrons. The predicted molar refractivity (Wildman–Crippen MR) is 84.3 cm³/mol. The molecule has 0 aliphatic carbocycles. The van der Waals surface area contributed by atoms with Gasteiger partial charge in [0.05, 0.1) is 34.6 Å². The smallest absolute Gasteiger partial charge is 0.156 e. The summed E-state index contributed by atoms with van der Waals surface area (Å²) in [6, 6.07) is 7.90. The lowest BCUT2D eigenvalue weighted by Crippen LogP contribution is -1.86. The second-order valence-electron chi connectivity index (χ2n) is 5.07. The fourth-order valence-corrected chi connectivity index (χ4v) is 2.86. The fraction of sp³-hybridized carbons (Fsp3) is 0. The summed E-state index contributed by atoms with van der Waals surface area (Å²) in [5.41, 5.74) is 4.46. The molecular weight excluding hydrogens is 276 g/mol. The van der Waals surface area contributed by atoms with E-state index in [1.165, 1.54) is 0 Å². The number of imidazole rings is 2. The Hall–Kier alpha value is -3.28. The lowest BCUT2D eigenvalue weighted by Gasteiger charge is -2.03. The average Bonchev–Trinajstić information content (AvgIpc) is 3.24. The number of benzene rings is 1. The van der Waals surface area contributed by atoms with Crippen molar-refractivity contribution in [1.29, 1.82) is 0 Å². The van der Waals surface area contributed by atoms with Gasteiger partial charge in [-0.15, -0.1) is 0 Å². The number of aromatic nitrogens is 6. The monoisotopic (exact) mass is 286 g/mol. The molecule has 4 aromatic heterocycles. The number of hydrogen-bond donors (Lipinski definition) is 2. The quantitative estimate of drug-likeness (QED) is 0.464. The van der Waals surface area contributed by atoms with Crippen LogP contribution in [0.4, 0.5) is 0 Å². The van der Waals surface area contributed by atoms with Crippen LogP contribution in [0.5, 0.6) is 0 Å². The van der Waals surface area contributed by atoms with Crippen LogP contribution in [0.3, 0.4) is 0 Å². The Morgan fingerprint density at radius 1 is 0.864 bits per heavy atom. The first kappa shape index (κ1) is 11.4. The Morgan fingerprint density at radius 3 is 2.41 bits per heavy atom. The van der Waals surface area contributed by atoms with Crippen molar-refractivity contribution in [3.8, 4) is 11.5 Å². The van der Waals surface area contributed by atoms with Gasteiger partial charge < -0.3 is 9.97 Å². The zero-order valence-electron chi connectivity index (χ0n) is 11.4. The van der Waals surface area contributed by atoms with E-state index in [0.717, 1.165) is 44.4 Å². The number of hydrogen-bond acceptors (Lipinski definition) is 4. The second-order valence-corrected chi connectivity index (χ2v) is 5.07. The van der Waals surface area contributed by atoms with Crippen molar-refractivity contribution in [3.63, 3.8) is 0 Å². The van der Waals surface area contributed by atoms with E-state index in [1.54, 1.807) is 24.9 Å². The van der Waals surface area contributed by atoms with Crippen LogP contribution >= 0.6 is 0 Å². The number of H-pyrrole nitrogens is 2. The second kappa shape index (κ2) is 4.11. The Bertz CT molecular complexity index is 1050.